The van der Waals surface area contributed by atoms with Crippen LogP contribution >= 0.6 is 23.2 Å². The smallest absolute Gasteiger partial charge is 0.266 e. The van der Waals surface area contributed by atoms with E-state index in [9.17, 15) is 10.1 Å². The lowest BCUT2D eigenvalue weighted by atomic mass is 9.87. The molecule has 0 saturated carbocycles. The molecule has 1 aliphatic heterocycles. The van der Waals surface area contributed by atoms with Crippen molar-refractivity contribution < 1.29 is 9.53 Å². The Labute approximate surface area is 198 Å². The molecule has 0 bridgehead atoms. The van der Waals surface area contributed by atoms with Gasteiger partial charge in [-0.3, -0.25) is 4.79 Å². The van der Waals surface area contributed by atoms with Crippen LogP contribution in [0.2, 0.25) is 10.0 Å². The zero-order valence-electron chi connectivity index (χ0n) is 18.7. The van der Waals surface area contributed by atoms with Crippen molar-refractivity contribution in [2.24, 2.45) is 0 Å². The Morgan fingerprint density at radius 2 is 1.97 bits per heavy atom. The average molecular weight is 470 g/mol. The minimum absolute atomic E-state index is 0.0561. The molecule has 0 atom stereocenters. The number of ether oxygens (including phenoxy) is 1. The van der Waals surface area contributed by atoms with Gasteiger partial charge in [0.15, 0.2) is 0 Å². The fourth-order valence-electron chi connectivity index (χ4n) is 4.06. The van der Waals surface area contributed by atoms with E-state index in [2.05, 4.69) is 44.0 Å². The van der Waals surface area contributed by atoms with Crippen LogP contribution in [0.5, 0.6) is 5.75 Å². The minimum atomic E-state index is -0.547. The number of allylic oxidation sites excluding steroid dienone is 1. The number of methoxy groups -OCH3 is 1. The van der Waals surface area contributed by atoms with E-state index in [0.717, 1.165) is 23.4 Å². The number of amides is 1. The van der Waals surface area contributed by atoms with E-state index in [-0.39, 0.29) is 11.1 Å². The second-order valence-corrected chi connectivity index (χ2v) is 8.90. The van der Waals surface area contributed by atoms with Crippen LogP contribution in [-0.4, -0.2) is 25.1 Å². The first kappa shape index (κ1) is 23.7. The maximum absolute atomic E-state index is 12.7. The van der Waals surface area contributed by atoms with Crippen molar-refractivity contribution >= 4 is 52.1 Å². The van der Waals surface area contributed by atoms with Crippen molar-refractivity contribution in [2.75, 3.05) is 23.9 Å². The molecular formula is C25H25Cl2N3O2. The van der Waals surface area contributed by atoms with Crippen LogP contribution in [0.15, 0.2) is 42.0 Å². The highest BCUT2D eigenvalue weighted by Crippen LogP contribution is 2.42. The predicted molar refractivity (Wildman–Crippen MR) is 132 cm³/mol. The molecule has 3 rings (SSSR count). The Morgan fingerprint density at radius 3 is 2.56 bits per heavy atom. The van der Waals surface area contributed by atoms with Crippen molar-refractivity contribution in [2.45, 2.75) is 33.2 Å². The molecule has 0 aliphatic carbocycles. The first-order valence-corrected chi connectivity index (χ1v) is 10.9. The Kier molecular flexibility index (Phi) is 6.88. The molecule has 1 N–H and O–H groups in total. The third kappa shape index (κ3) is 4.62. The van der Waals surface area contributed by atoms with E-state index in [0.29, 0.717) is 27.0 Å². The molecule has 1 aliphatic rings. The Balaban J connectivity index is 2.02. The maximum Gasteiger partial charge on any atom is 0.266 e. The third-order valence-corrected chi connectivity index (χ3v) is 6.23. The molecular weight excluding hydrogens is 445 g/mol. The number of fused-ring (bicyclic) bond motifs is 1. The molecule has 2 aromatic carbocycles. The zero-order chi connectivity index (χ0) is 23.6. The van der Waals surface area contributed by atoms with Gasteiger partial charge >= 0.3 is 0 Å². The van der Waals surface area contributed by atoms with E-state index in [1.54, 1.807) is 19.2 Å². The van der Waals surface area contributed by atoms with Crippen LogP contribution in [0.25, 0.3) is 11.6 Å². The van der Waals surface area contributed by atoms with Gasteiger partial charge in [-0.15, -0.1) is 0 Å². The predicted octanol–water partition coefficient (Wildman–Crippen LogP) is 6.57. The number of hydrogen-bond acceptors (Lipinski definition) is 4. The number of carbonyl (C=O) groups excluding carboxylic acids is 1. The van der Waals surface area contributed by atoms with Crippen molar-refractivity contribution in [1.29, 1.82) is 5.26 Å². The Bertz CT molecular complexity index is 1180. The van der Waals surface area contributed by atoms with Gasteiger partial charge in [-0.25, -0.2) is 0 Å². The number of hydrogen-bond donors (Lipinski definition) is 1. The summed E-state index contributed by atoms with van der Waals surface area (Å²) in [5.74, 6) is 0.0389. The normalized spacial score (nSPS) is 14.9. The van der Waals surface area contributed by atoms with E-state index in [4.69, 9.17) is 27.9 Å². The molecule has 5 nitrogen and oxygen atoms in total. The number of anilines is 2. The molecule has 0 aromatic heterocycles. The largest absolute Gasteiger partial charge is 0.496 e. The van der Waals surface area contributed by atoms with Crippen LogP contribution in [0.3, 0.4) is 0 Å². The molecule has 0 unspecified atom stereocenters. The van der Waals surface area contributed by atoms with E-state index in [1.807, 2.05) is 18.2 Å². The fraction of sp³-hybridized carbons (Fsp3) is 0.280. The number of nitrogens with one attached hydrogen (secondary N) is 1. The highest BCUT2D eigenvalue weighted by molar-refractivity contribution is 6.42. The van der Waals surface area contributed by atoms with Gasteiger partial charge in [0.25, 0.3) is 5.91 Å². The van der Waals surface area contributed by atoms with Crippen molar-refractivity contribution in [3.05, 3.63) is 63.2 Å². The number of rotatable bonds is 5. The van der Waals surface area contributed by atoms with Gasteiger partial charge in [-0.1, -0.05) is 29.3 Å². The lowest BCUT2D eigenvalue weighted by Gasteiger charge is -2.43. The number of nitriles is 1. The second-order valence-electron chi connectivity index (χ2n) is 8.09. The molecule has 1 amide bonds. The number of likely N-dealkylation sites (N-methyl/N-ethyl adjacent to an activating group) is 1. The highest BCUT2D eigenvalue weighted by Gasteiger charge is 2.31. The number of carbonyl (C=O) groups is 1. The van der Waals surface area contributed by atoms with Crippen LogP contribution in [0.1, 0.15) is 38.8 Å². The number of nitrogens with zero attached hydrogens (tertiary/aromatic N) is 2. The minimum Gasteiger partial charge on any atom is -0.496 e. The number of halogens is 2. The standard InChI is InChI=1S/C25H25Cl2N3O2/c1-6-30-22-12-23(32-5)16(10-19(22)15(2)13-25(30,3)4)9-17(14-28)24(31)29-18-7-8-20(26)21(27)11-18/h7-13H,6H2,1-5H3,(H,29,31)/b17-9+. The molecule has 0 saturated heterocycles. The van der Waals surface area contributed by atoms with Gasteiger partial charge < -0.3 is 15.0 Å². The van der Waals surface area contributed by atoms with Crippen molar-refractivity contribution in [3.63, 3.8) is 0 Å². The summed E-state index contributed by atoms with van der Waals surface area (Å²) in [7, 11) is 1.58. The van der Waals surface area contributed by atoms with Gasteiger partial charge in [0, 0.05) is 35.1 Å². The summed E-state index contributed by atoms with van der Waals surface area (Å²) >= 11 is 11.9. The van der Waals surface area contributed by atoms with Gasteiger partial charge in [0.2, 0.25) is 0 Å². The monoisotopic (exact) mass is 469 g/mol. The topological polar surface area (TPSA) is 65.4 Å². The molecule has 32 heavy (non-hydrogen) atoms. The molecule has 166 valence electrons. The molecule has 0 spiro atoms. The summed E-state index contributed by atoms with van der Waals surface area (Å²) in [5, 5.41) is 13.0. The van der Waals surface area contributed by atoms with Crippen LogP contribution in [0, 0.1) is 11.3 Å². The summed E-state index contributed by atoms with van der Waals surface area (Å²) in [4.78, 5) is 15.0. The quantitative estimate of drug-likeness (QED) is 0.397. The molecule has 0 radical (unpaired) electrons. The van der Waals surface area contributed by atoms with Crippen LogP contribution < -0.4 is 15.0 Å². The zero-order valence-corrected chi connectivity index (χ0v) is 20.2. The van der Waals surface area contributed by atoms with E-state index < -0.39 is 5.91 Å². The molecule has 7 heteroatoms. The average Bonchev–Trinajstić information content (AvgIpc) is 2.73. The van der Waals surface area contributed by atoms with E-state index >= 15 is 0 Å². The summed E-state index contributed by atoms with van der Waals surface area (Å²) < 4.78 is 5.62. The van der Waals surface area contributed by atoms with Crippen molar-refractivity contribution in [1.82, 2.24) is 0 Å². The maximum atomic E-state index is 12.7. The summed E-state index contributed by atoms with van der Waals surface area (Å²) in [5.41, 5.74) is 4.14. The first-order valence-electron chi connectivity index (χ1n) is 10.2. The van der Waals surface area contributed by atoms with Crippen LogP contribution in [0.4, 0.5) is 11.4 Å². The lowest BCUT2D eigenvalue weighted by molar-refractivity contribution is -0.112. The SMILES string of the molecule is CCN1c2cc(OC)c(/C=C(\C#N)C(=O)Nc3ccc(Cl)c(Cl)c3)cc2C(C)=CC1(C)C. The third-order valence-electron chi connectivity index (χ3n) is 5.49. The van der Waals surface area contributed by atoms with Gasteiger partial charge in [-0.05, 0) is 63.6 Å². The first-order chi connectivity index (χ1) is 15.1. The Hall–Kier alpha value is -2.94. The van der Waals surface area contributed by atoms with Gasteiger partial charge in [-0.2, -0.15) is 5.26 Å². The van der Waals surface area contributed by atoms with Crippen molar-refractivity contribution in [3.8, 4) is 11.8 Å². The molecule has 0 fully saturated rings. The fourth-order valence-corrected chi connectivity index (χ4v) is 4.36. The highest BCUT2D eigenvalue weighted by atomic mass is 35.5. The Morgan fingerprint density at radius 1 is 1.25 bits per heavy atom. The summed E-state index contributed by atoms with van der Waals surface area (Å²) in [6.07, 6.45) is 3.76. The summed E-state index contributed by atoms with van der Waals surface area (Å²) in [6, 6.07) is 10.6. The van der Waals surface area contributed by atoms with Gasteiger partial charge in [0.1, 0.15) is 17.4 Å². The second kappa shape index (κ2) is 9.28. The molecule has 1 heterocycles. The molecule has 2 aromatic rings. The lowest BCUT2D eigenvalue weighted by Crippen LogP contribution is -2.44. The van der Waals surface area contributed by atoms with E-state index in [1.165, 1.54) is 12.1 Å². The summed E-state index contributed by atoms with van der Waals surface area (Å²) in [6.45, 7) is 9.35. The number of benzene rings is 2. The van der Waals surface area contributed by atoms with Gasteiger partial charge in [0.05, 0.1) is 22.7 Å². The van der Waals surface area contributed by atoms with Crippen LogP contribution in [-0.2, 0) is 4.79 Å².